The van der Waals surface area contributed by atoms with E-state index in [-0.39, 0.29) is 5.57 Å². The van der Waals surface area contributed by atoms with Gasteiger partial charge in [-0.05, 0) is 30.2 Å². The highest BCUT2D eigenvalue weighted by molar-refractivity contribution is 6.32. The summed E-state index contributed by atoms with van der Waals surface area (Å²) in [7, 11) is 0. The Morgan fingerprint density at radius 3 is 2.26 bits per heavy atom. The Morgan fingerprint density at radius 2 is 1.74 bits per heavy atom. The molecule has 0 radical (unpaired) electrons. The molecule has 1 aliphatic heterocycles. The quantitative estimate of drug-likeness (QED) is 0.451. The summed E-state index contributed by atoms with van der Waals surface area (Å²) in [5.74, 6) is -2.65. The van der Waals surface area contributed by atoms with Gasteiger partial charge in [-0.2, -0.15) is 0 Å². The molecular formula is C14H13ClO4. The van der Waals surface area contributed by atoms with Crippen LogP contribution in [0.2, 0.25) is 5.02 Å². The number of cyclic esters (lactones) is 2. The fourth-order valence-electron chi connectivity index (χ4n) is 1.68. The zero-order valence-electron chi connectivity index (χ0n) is 10.8. The first-order chi connectivity index (χ1) is 8.78. The average Bonchev–Trinajstić information content (AvgIpc) is 2.24. The van der Waals surface area contributed by atoms with Crippen LogP contribution in [0.4, 0.5) is 0 Å². The number of hydrogen-bond donors (Lipinski definition) is 0. The minimum absolute atomic E-state index is 0.162. The van der Waals surface area contributed by atoms with E-state index in [9.17, 15) is 9.59 Å². The maximum Gasteiger partial charge on any atom is 0.348 e. The zero-order valence-corrected chi connectivity index (χ0v) is 11.6. The zero-order chi connectivity index (χ0) is 14.2. The van der Waals surface area contributed by atoms with Gasteiger partial charge in [-0.3, -0.25) is 0 Å². The SMILES string of the molecule is Cc1ccc(C=C2C(=O)OC(C)(C)OC2=O)c(Cl)c1. The molecule has 1 fully saturated rings. The number of benzene rings is 1. The Morgan fingerprint density at radius 1 is 1.16 bits per heavy atom. The summed E-state index contributed by atoms with van der Waals surface area (Å²) >= 11 is 6.05. The fraction of sp³-hybridized carbons (Fsp3) is 0.286. The van der Waals surface area contributed by atoms with Crippen LogP contribution in [-0.4, -0.2) is 17.7 Å². The molecule has 0 spiro atoms. The van der Waals surface area contributed by atoms with E-state index in [2.05, 4.69) is 0 Å². The molecule has 0 unspecified atom stereocenters. The van der Waals surface area contributed by atoms with Gasteiger partial charge >= 0.3 is 11.9 Å². The summed E-state index contributed by atoms with van der Waals surface area (Å²) in [4.78, 5) is 23.5. The van der Waals surface area contributed by atoms with Crippen molar-refractivity contribution in [1.29, 1.82) is 0 Å². The van der Waals surface area contributed by atoms with Crippen LogP contribution in [0.5, 0.6) is 0 Å². The van der Waals surface area contributed by atoms with Gasteiger partial charge in [0.15, 0.2) is 0 Å². The van der Waals surface area contributed by atoms with E-state index >= 15 is 0 Å². The van der Waals surface area contributed by atoms with Crippen LogP contribution in [-0.2, 0) is 19.1 Å². The molecule has 4 nitrogen and oxygen atoms in total. The third kappa shape index (κ3) is 2.96. The Labute approximate surface area is 116 Å². The minimum atomic E-state index is -1.23. The maximum absolute atomic E-state index is 11.8. The highest BCUT2D eigenvalue weighted by Gasteiger charge is 2.38. The first kappa shape index (κ1) is 13.6. The van der Waals surface area contributed by atoms with Crippen LogP contribution in [0.25, 0.3) is 6.08 Å². The van der Waals surface area contributed by atoms with Crippen molar-refractivity contribution < 1.29 is 19.1 Å². The van der Waals surface area contributed by atoms with Gasteiger partial charge in [0.1, 0.15) is 5.57 Å². The van der Waals surface area contributed by atoms with Gasteiger partial charge in [0, 0.05) is 18.9 Å². The van der Waals surface area contributed by atoms with E-state index < -0.39 is 17.7 Å². The van der Waals surface area contributed by atoms with Crippen molar-refractivity contribution in [1.82, 2.24) is 0 Å². The molecular weight excluding hydrogens is 268 g/mol. The van der Waals surface area contributed by atoms with Gasteiger partial charge in [-0.1, -0.05) is 23.7 Å². The second-order valence-electron chi connectivity index (χ2n) is 4.76. The number of esters is 2. The monoisotopic (exact) mass is 280 g/mol. The number of rotatable bonds is 1. The van der Waals surface area contributed by atoms with Gasteiger partial charge in [0.25, 0.3) is 5.79 Å². The van der Waals surface area contributed by atoms with E-state index in [1.807, 2.05) is 13.0 Å². The molecule has 2 rings (SSSR count). The Bertz CT molecular complexity index is 565. The highest BCUT2D eigenvalue weighted by atomic mass is 35.5. The van der Waals surface area contributed by atoms with Crippen molar-refractivity contribution in [2.75, 3.05) is 0 Å². The molecule has 5 heteroatoms. The molecule has 19 heavy (non-hydrogen) atoms. The minimum Gasteiger partial charge on any atom is -0.419 e. The van der Waals surface area contributed by atoms with Crippen molar-refractivity contribution in [2.24, 2.45) is 0 Å². The van der Waals surface area contributed by atoms with Gasteiger partial charge in [-0.15, -0.1) is 0 Å². The molecule has 1 aromatic carbocycles. The summed E-state index contributed by atoms with van der Waals surface area (Å²) in [6, 6.07) is 5.31. The van der Waals surface area contributed by atoms with Crippen LogP contribution >= 0.6 is 11.6 Å². The number of carbonyl (C=O) groups excluding carboxylic acids is 2. The highest BCUT2D eigenvalue weighted by Crippen LogP contribution is 2.26. The van der Waals surface area contributed by atoms with Crippen LogP contribution < -0.4 is 0 Å². The molecule has 100 valence electrons. The summed E-state index contributed by atoms with van der Waals surface area (Å²) < 4.78 is 10.00. The standard InChI is InChI=1S/C14H13ClO4/c1-8-4-5-9(11(15)6-8)7-10-12(16)18-14(2,3)19-13(10)17/h4-7H,1-3H3. The van der Waals surface area contributed by atoms with Crippen molar-refractivity contribution in [3.8, 4) is 0 Å². The first-order valence-corrected chi connectivity index (χ1v) is 6.11. The van der Waals surface area contributed by atoms with Crippen molar-refractivity contribution in [3.05, 3.63) is 39.9 Å². The van der Waals surface area contributed by atoms with Crippen LogP contribution in [0.15, 0.2) is 23.8 Å². The number of carbonyl (C=O) groups is 2. The van der Waals surface area contributed by atoms with Crippen LogP contribution in [0.1, 0.15) is 25.0 Å². The smallest absolute Gasteiger partial charge is 0.348 e. The van der Waals surface area contributed by atoms with Crippen molar-refractivity contribution >= 4 is 29.6 Å². The fourth-order valence-corrected chi connectivity index (χ4v) is 1.97. The lowest BCUT2D eigenvalue weighted by Crippen LogP contribution is -2.41. The van der Waals surface area contributed by atoms with E-state index in [4.69, 9.17) is 21.1 Å². The molecule has 0 atom stereocenters. The lowest BCUT2D eigenvalue weighted by molar-refractivity contribution is -0.222. The van der Waals surface area contributed by atoms with E-state index in [0.717, 1.165) is 5.56 Å². The molecule has 1 saturated heterocycles. The number of ether oxygens (including phenoxy) is 2. The van der Waals surface area contributed by atoms with Crippen LogP contribution in [0.3, 0.4) is 0 Å². The number of aryl methyl sites for hydroxylation is 1. The lowest BCUT2D eigenvalue weighted by Gasteiger charge is -2.29. The second-order valence-corrected chi connectivity index (χ2v) is 5.17. The molecule has 0 bridgehead atoms. The molecule has 0 aromatic heterocycles. The predicted octanol–water partition coefficient (Wildman–Crippen LogP) is 2.87. The Balaban J connectivity index is 2.38. The topological polar surface area (TPSA) is 52.6 Å². The van der Waals surface area contributed by atoms with Gasteiger partial charge in [-0.25, -0.2) is 9.59 Å². The Hall–Kier alpha value is -1.81. The number of hydrogen-bond acceptors (Lipinski definition) is 4. The summed E-state index contributed by atoms with van der Waals surface area (Å²) in [6.07, 6.45) is 1.38. The molecule has 1 heterocycles. The summed E-state index contributed by atoms with van der Waals surface area (Å²) in [6.45, 7) is 4.89. The third-order valence-electron chi connectivity index (χ3n) is 2.57. The molecule has 0 amide bonds. The predicted molar refractivity (Wildman–Crippen MR) is 70.4 cm³/mol. The summed E-state index contributed by atoms with van der Waals surface area (Å²) in [5.41, 5.74) is 1.39. The van der Waals surface area contributed by atoms with Crippen molar-refractivity contribution in [2.45, 2.75) is 26.6 Å². The normalized spacial score (nSPS) is 17.8. The largest absolute Gasteiger partial charge is 0.419 e. The van der Waals surface area contributed by atoms with Gasteiger partial charge in [0.05, 0.1) is 0 Å². The molecule has 1 aromatic rings. The molecule has 0 saturated carbocycles. The summed E-state index contributed by atoms with van der Waals surface area (Å²) in [5, 5.41) is 0.456. The van der Waals surface area contributed by atoms with E-state index in [1.54, 1.807) is 12.1 Å². The van der Waals surface area contributed by atoms with E-state index in [1.165, 1.54) is 19.9 Å². The number of halogens is 1. The van der Waals surface area contributed by atoms with Crippen molar-refractivity contribution in [3.63, 3.8) is 0 Å². The lowest BCUT2D eigenvalue weighted by atomic mass is 10.1. The second kappa shape index (κ2) is 4.70. The Kier molecular flexibility index (Phi) is 3.37. The molecule has 0 aliphatic carbocycles. The van der Waals surface area contributed by atoms with Crippen LogP contribution in [0, 0.1) is 6.92 Å². The van der Waals surface area contributed by atoms with Gasteiger partial charge < -0.3 is 9.47 Å². The average molecular weight is 281 g/mol. The van der Waals surface area contributed by atoms with Gasteiger partial charge in [0.2, 0.25) is 0 Å². The molecule has 0 N–H and O–H groups in total. The maximum atomic E-state index is 11.8. The molecule has 1 aliphatic rings. The van der Waals surface area contributed by atoms with E-state index in [0.29, 0.717) is 10.6 Å². The first-order valence-electron chi connectivity index (χ1n) is 5.73. The third-order valence-corrected chi connectivity index (χ3v) is 2.90.